The molecule has 1 aromatic carbocycles. The first-order valence-corrected chi connectivity index (χ1v) is 6.89. The Hall–Kier alpha value is -1.23. The van der Waals surface area contributed by atoms with Gasteiger partial charge < -0.3 is 0 Å². The van der Waals surface area contributed by atoms with Crippen LogP contribution in [0, 0.1) is 0 Å². The molecule has 0 aliphatic carbocycles. The number of carbonyl (C=O) groups is 1. The van der Waals surface area contributed by atoms with E-state index in [4.69, 9.17) is 19.0 Å². The van der Waals surface area contributed by atoms with Crippen molar-refractivity contribution in [2.75, 3.05) is 5.73 Å². The van der Waals surface area contributed by atoms with Gasteiger partial charge in [0.1, 0.15) is 0 Å². The van der Waals surface area contributed by atoms with Crippen molar-refractivity contribution in [2.45, 2.75) is 0 Å². The zero-order chi connectivity index (χ0) is 10.9. The number of hydrogen-bond donors (Lipinski definition) is 4. The second-order valence-electron chi connectivity index (χ2n) is 2.62. The summed E-state index contributed by atoms with van der Waals surface area (Å²) >= 11 is -5.03. The molecule has 1 rings (SSSR count). The normalized spacial score (nSPS) is 11.3. The molecule has 0 fully saturated rings. The zero-order valence-electron chi connectivity index (χ0n) is 6.91. The fourth-order valence-electron chi connectivity index (χ4n) is 0.911. The standard InChI is InChI=1S/C7H8AsNO5/c9-6-2-1-4(8(12,13)14)3-5(6)7(10)11/h1-3H,9H2,(H,10,11)(H2,12,13,14). The maximum atomic E-state index is 10.8. The van der Waals surface area contributed by atoms with Crippen LogP contribution in [0.2, 0.25) is 0 Å². The Morgan fingerprint density at radius 1 is 1.36 bits per heavy atom. The maximum absolute atomic E-state index is 10.8. The monoisotopic (exact) mass is 261 g/mol. The summed E-state index contributed by atoms with van der Waals surface area (Å²) in [4.78, 5) is 10.6. The van der Waals surface area contributed by atoms with Gasteiger partial charge in [-0.3, -0.25) is 0 Å². The molecule has 0 saturated carbocycles. The Morgan fingerprint density at radius 2 is 1.93 bits per heavy atom. The van der Waals surface area contributed by atoms with Crippen LogP contribution in [0.5, 0.6) is 0 Å². The third-order valence-corrected chi connectivity index (χ3v) is 3.60. The molecule has 0 atom stereocenters. The van der Waals surface area contributed by atoms with Gasteiger partial charge in [-0.15, -0.1) is 0 Å². The van der Waals surface area contributed by atoms with E-state index in [2.05, 4.69) is 0 Å². The molecule has 7 heteroatoms. The Morgan fingerprint density at radius 3 is 2.36 bits per heavy atom. The predicted octanol–water partition coefficient (Wildman–Crippen LogP) is -1.47. The summed E-state index contributed by atoms with van der Waals surface area (Å²) in [7, 11) is 0. The van der Waals surface area contributed by atoms with Gasteiger partial charge in [0, 0.05) is 0 Å². The Bertz CT molecular complexity index is 424. The van der Waals surface area contributed by atoms with Crippen molar-refractivity contribution < 1.29 is 21.8 Å². The van der Waals surface area contributed by atoms with Crippen molar-refractivity contribution in [1.82, 2.24) is 0 Å². The molecule has 0 bridgehead atoms. The van der Waals surface area contributed by atoms with Gasteiger partial charge in [-0.05, 0) is 0 Å². The molecule has 0 aliphatic rings. The molecule has 0 unspecified atom stereocenters. The van der Waals surface area contributed by atoms with Crippen LogP contribution >= 0.6 is 0 Å². The molecule has 0 aliphatic heterocycles. The van der Waals surface area contributed by atoms with Crippen molar-refractivity contribution in [3.05, 3.63) is 23.8 Å². The molecule has 14 heavy (non-hydrogen) atoms. The van der Waals surface area contributed by atoms with E-state index in [9.17, 15) is 8.53 Å². The molecule has 1 aromatic rings. The summed E-state index contributed by atoms with van der Waals surface area (Å²) in [6, 6.07) is 3.19. The van der Waals surface area contributed by atoms with Crippen LogP contribution in [0.15, 0.2) is 18.2 Å². The summed E-state index contributed by atoms with van der Waals surface area (Å²) in [5, 5.41) is 8.63. The number of rotatable bonds is 2. The number of hydrogen-bond acceptors (Lipinski definition) is 3. The molecule has 0 spiro atoms. The van der Waals surface area contributed by atoms with Crippen molar-refractivity contribution in [3.8, 4) is 0 Å². The van der Waals surface area contributed by atoms with Gasteiger partial charge in [0.2, 0.25) is 0 Å². The topological polar surface area (TPSA) is 121 Å². The molecular formula is C7H8AsNO5. The summed E-state index contributed by atoms with van der Waals surface area (Å²) < 4.78 is 28.2. The minimum atomic E-state index is -5.03. The number of carboxylic acids is 1. The van der Waals surface area contributed by atoms with E-state index in [0.29, 0.717) is 0 Å². The van der Waals surface area contributed by atoms with Crippen molar-refractivity contribution >= 4 is 30.2 Å². The number of benzene rings is 1. The van der Waals surface area contributed by atoms with Gasteiger partial charge in [-0.25, -0.2) is 0 Å². The van der Waals surface area contributed by atoms with E-state index in [1.54, 1.807) is 0 Å². The number of aromatic carboxylic acids is 1. The fraction of sp³-hybridized carbons (Fsp3) is 0. The van der Waals surface area contributed by atoms with Gasteiger partial charge in [-0.1, -0.05) is 0 Å². The average molecular weight is 261 g/mol. The molecule has 0 radical (unpaired) electrons. The van der Waals surface area contributed by atoms with E-state index in [-0.39, 0.29) is 15.6 Å². The molecule has 0 amide bonds. The van der Waals surface area contributed by atoms with Crippen molar-refractivity contribution in [3.63, 3.8) is 0 Å². The SMILES string of the molecule is Nc1ccc([As](=O)(O)O)cc1C(=O)O. The van der Waals surface area contributed by atoms with E-state index in [1.165, 1.54) is 6.07 Å². The number of carboxylic acid groups (broad SMARTS) is 1. The van der Waals surface area contributed by atoms with Crippen LogP contribution in [0.4, 0.5) is 5.69 Å². The van der Waals surface area contributed by atoms with E-state index in [1.807, 2.05) is 0 Å². The second-order valence-corrected chi connectivity index (χ2v) is 5.99. The van der Waals surface area contributed by atoms with Crippen molar-refractivity contribution in [1.29, 1.82) is 0 Å². The van der Waals surface area contributed by atoms with E-state index >= 15 is 0 Å². The summed E-state index contributed by atoms with van der Waals surface area (Å²) in [5.74, 6) is -1.31. The first-order chi connectivity index (χ1) is 6.32. The first kappa shape index (κ1) is 10.8. The molecule has 0 saturated heterocycles. The number of nitrogens with two attached hydrogens (primary N) is 1. The van der Waals surface area contributed by atoms with Crippen LogP contribution in [-0.4, -0.2) is 33.4 Å². The quantitative estimate of drug-likeness (QED) is 0.381. The summed E-state index contributed by atoms with van der Waals surface area (Å²) in [6.45, 7) is 0. The third kappa shape index (κ3) is 2.17. The van der Waals surface area contributed by atoms with E-state index < -0.39 is 20.1 Å². The average Bonchev–Trinajstić information content (AvgIpc) is 2.02. The fourth-order valence-corrected chi connectivity index (χ4v) is 2.10. The Kier molecular flexibility index (Phi) is 2.71. The molecule has 5 N–H and O–H groups in total. The molecule has 76 valence electrons. The molecule has 6 nitrogen and oxygen atoms in total. The van der Waals surface area contributed by atoms with Crippen LogP contribution in [0.3, 0.4) is 0 Å². The minimum absolute atomic E-state index is 0.0230. The van der Waals surface area contributed by atoms with Gasteiger partial charge >= 0.3 is 81.5 Å². The second kappa shape index (κ2) is 3.49. The zero-order valence-corrected chi connectivity index (χ0v) is 8.79. The molecular weight excluding hydrogens is 253 g/mol. The Balaban J connectivity index is 3.34. The van der Waals surface area contributed by atoms with Gasteiger partial charge in [0.15, 0.2) is 0 Å². The summed E-state index contributed by atoms with van der Waals surface area (Å²) in [5.41, 5.74) is 4.98. The van der Waals surface area contributed by atoms with Gasteiger partial charge in [0.05, 0.1) is 0 Å². The van der Waals surface area contributed by atoms with Crippen LogP contribution < -0.4 is 10.1 Å². The first-order valence-electron chi connectivity index (χ1n) is 3.51. The van der Waals surface area contributed by atoms with Crippen molar-refractivity contribution in [2.24, 2.45) is 0 Å². The molecule has 0 heterocycles. The van der Waals surface area contributed by atoms with Gasteiger partial charge in [-0.2, -0.15) is 0 Å². The predicted molar refractivity (Wildman–Crippen MR) is 48.3 cm³/mol. The van der Waals surface area contributed by atoms with E-state index in [0.717, 1.165) is 12.1 Å². The Labute approximate surface area is 82.0 Å². The van der Waals surface area contributed by atoms with Crippen LogP contribution in [0.1, 0.15) is 10.4 Å². The number of anilines is 1. The van der Waals surface area contributed by atoms with Gasteiger partial charge in [0.25, 0.3) is 0 Å². The molecule has 0 aromatic heterocycles. The number of nitrogen functional groups attached to an aromatic ring is 1. The third-order valence-electron chi connectivity index (χ3n) is 1.60. The summed E-state index contributed by atoms with van der Waals surface area (Å²) in [6.07, 6.45) is 0. The van der Waals surface area contributed by atoms with Crippen LogP contribution in [-0.2, 0) is 3.74 Å². The van der Waals surface area contributed by atoms with Crippen LogP contribution in [0.25, 0.3) is 0 Å².